The van der Waals surface area contributed by atoms with E-state index in [1.54, 1.807) is 12.1 Å². The Morgan fingerprint density at radius 2 is 1.86 bits per heavy atom. The van der Waals surface area contributed by atoms with Crippen molar-refractivity contribution in [3.05, 3.63) is 51.9 Å². The van der Waals surface area contributed by atoms with Crippen molar-refractivity contribution in [3.8, 4) is 5.75 Å². The van der Waals surface area contributed by atoms with Crippen molar-refractivity contribution >= 4 is 34.8 Å². The first-order valence-electron chi connectivity index (χ1n) is 9.77. The molecule has 156 valence electrons. The molecule has 3 rings (SSSR count). The molecule has 1 aromatic carbocycles. The first-order valence-corrected chi connectivity index (χ1v) is 10.6. The van der Waals surface area contributed by atoms with Gasteiger partial charge in [0.15, 0.2) is 10.9 Å². The van der Waals surface area contributed by atoms with Crippen LogP contribution in [0.4, 0.5) is 0 Å². The van der Waals surface area contributed by atoms with Crippen molar-refractivity contribution in [2.75, 3.05) is 0 Å². The molecule has 1 amide bonds. The fourth-order valence-corrected chi connectivity index (χ4v) is 3.69. The monoisotopic (exact) mass is 435 g/mol. The van der Waals surface area contributed by atoms with Gasteiger partial charge >= 0.3 is 5.91 Å². The Bertz CT molecular complexity index is 855. The number of hydrazine groups is 1. The normalized spacial score (nSPS) is 14.3. The maximum absolute atomic E-state index is 12.2. The van der Waals surface area contributed by atoms with E-state index < -0.39 is 5.91 Å². The highest BCUT2D eigenvalue weighted by atomic mass is 35.5. The van der Waals surface area contributed by atoms with E-state index in [1.807, 2.05) is 26.0 Å². The lowest BCUT2D eigenvalue weighted by atomic mass is 9.96. The Morgan fingerprint density at radius 3 is 2.55 bits per heavy atom. The van der Waals surface area contributed by atoms with E-state index in [4.69, 9.17) is 33.0 Å². The number of benzene rings is 1. The lowest BCUT2D eigenvalue weighted by Crippen LogP contribution is -2.50. The number of hydrogen-bond donors (Lipinski definition) is 3. The number of furan rings is 1. The SMILES string of the molecule is Cc1cc(OCc2ccc(C(=O)NNC(=S)NC3CCCCC3)o2)cc(C)c1Cl. The number of hydrogen-bond acceptors (Lipinski definition) is 4. The summed E-state index contributed by atoms with van der Waals surface area (Å²) in [5, 5.41) is 4.37. The molecule has 0 aliphatic heterocycles. The molecule has 0 saturated heterocycles. The van der Waals surface area contributed by atoms with E-state index in [2.05, 4.69) is 16.2 Å². The van der Waals surface area contributed by atoms with Gasteiger partial charge in [0.2, 0.25) is 0 Å². The first-order chi connectivity index (χ1) is 13.9. The van der Waals surface area contributed by atoms with Gasteiger partial charge < -0.3 is 14.5 Å². The van der Waals surface area contributed by atoms with Crippen molar-refractivity contribution in [2.45, 2.75) is 58.6 Å². The van der Waals surface area contributed by atoms with Crippen LogP contribution in [0.25, 0.3) is 0 Å². The quantitative estimate of drug-likeness (QED) is 0.471. The molecule has 0 bridgehead atoms. The molecule has 8 heteroatoms. The number of amides is 1. The Labute approximate surface area is 181 Å². The van der Waals surface area contributed by atoms with E-state index in [9.17, 15) is 4.79 Å². The Kier molecular flexibility index (Phi) is 7.39. The van der Waals surface area contributed by atoms with Gasteiger partial charge in [-0.05, 0) is 74.3 Å². The summed E-state index contributed by atoms with van der Waals surface area (Å²) in [5.41, 5.74) is 7.18. The van der Waals surface area contributed by atoms with Crippen molar-refractivity contribution in [2.24, 2.45) is 0 Å². The third-order valence-corrected chi connectivity index (χ3v) is 5.72. The van der Waals surface area contributed by atoms with Crippen LogP contribution >= 0.6 is 23.8 Å². The lowest BCUT2D eigenvalue weighted by Gasteiger charge is -2.24. The van der Waals surface area contributed by atoms with E-state index in [0.717, 1.165) is 29.0 Å². The van der Waals surface area contributed by atoms with Crippen LogP contribution < -0.4 is 20.9 Å². The summed E-state index contributed by atoms with van der Waals surface area (Å²) in [4.78, 5) is 12.2. The summed E-state index contributed by atoms with van der Waals surface area (Å²) >= 11 is 11.4. The first kappa shape index (κ1) is 21.5. The lowest BCUT2D eigenvalue weighted by molar-refractivity contribution is 0.0911. The van der Waals surface area contributed by atoms with Crippen LogP contribution in [0.3, 0.4) is 0 Å². The third kappa shape index (κ3) is 6.11. The number of ether oxygens (including phenoxy) is 1. The standard InChI is InChI=1S/C21H26ClN3O3S/c1-13-10-17(11-14(2)19(13)22)27-12-16-8-9-18(28-16)20(26)24-25-21(29)23-15-6-4-3-5-7-15/h8-11,15H,3-7,12H2,1-2H3,(H,24,26)(H2,23,25,29). The van der Waals surface area contributed by atoms with Crippen LogP contribution in [0.5, 0.6) is 5.75 Å². The van der Waals surface area contributed by atoms with Gasteiger partial charge in [-0.2, -0.15) is 0 Å². The van der Waals surface area contributed by atoms with Crippen molar-refractivity contribution in [3.63, 3.8) is 0 Å². The Balaban J connectivity index is 1.46. The van der Waals surface area contributed by atoms with Crippen molar-refractivity contribution in [1.29, 1.82) is 0 Å². The van der Waals surface area contributed by atoms with Crippen LogP contribution in [-0.4, -0.2) is 17.1 Å². The molecule has 0 radical (unpaired) electrons. The maximum atomic E-state index is 12.2. The molecular weight excluding hydrogens is 410 g/mol. The summed E-state index contributed by atoms with van der Waals surface area (Å²) in [7, 11) is 0. The highest BCUT2D eigenvalue weighted by molar-refractivity contribution is 7.80. The molecule has 0 unspecified atom stereocenters. The molecule has 0 spiro atoms. The number of halogens is 1. The maximum Gasteiger partial charge on any atom is 0.305 e. The van der Waals surface area contributed by atoms with Gasteiger partial charge in [-0.25, -0.2) is 0 Å². The van der Waals surface area contributed by atoms with Crippen LogP contribution in [0.2, 0.25) is 5.02 Å². The average Bonchev–Trinajstić information content (AvgIpc) is 3.18. The Morgan fingerprint density at radius 1 is 1.17 bits per heavy atom. The molecule has 29 heavy (non-hydrogen) atoms. The second kappa shape index (κ2) is 9.98. The fourth-order valence-electron chi connectivity index (χ4n) is 3.37. The predicted octanol–water partition coefficient (Wildman–Crippen LogP) is 4.57. The number of thiocarbonyl (C=S) groups is 1. The summed E-state index contributed by atoms with van der Waals surface area (Å²) in [6.07, 6.45) is 5.89. The molecule has 2 aromatic rings. The number of aryl methyl sites for hydroxylation is 2. The average molecular weight is 436 g/mol. The van der Waals surface area contributed by atoms with Crippen molar-refractivity contribution < 1.29 is 13.9 Å². The van der Waals surface area contributed by atoms with Crippen LogP contribution in [0.15, 0.2) is 28.7 Å². The second-order valence-electron chi connectivity index (χ2n) is 7.31. The molecule has 1 aliphatic carbocycles. The molecule has 6 nitrogen and oxygen atoms in total. The molecule has 1 aliphatic rings. The zero-order chi connectivity index (χ0) is 20.8. The van der Waals surface area contributed by atoms with E-state index in [1.165, 1.54) is 19.3 Å². The van der Waals surface area contributed by atoms with E-state index >= 15 is 0 Å². The molecule has 1 saturated carbocycles. The number of nitrogens with one attached hydrogen (secondary N) is 3. The molecule has 3 N–H and O–H groups in total. The van der Waals surface area contributed by atoms with Crippen LogP contribution in [-0.2, 0) is 6.61 Å². The van der Waals surface area contributed by atoms with Crippen molar-refractivity contribution in [1.82, 2.24) is 16.2 Å². The summed E-state index contributed by atoms with van der Waals surface area (Å²) in [6.45, 7) is 4.07. The molecule has 0 atom stereocenters. The zero-order valence-corrected chi connectivity index (χ0v) is 18.2. The van der Waals surface area contributed by atoms with E-state index in [0.29, 0.717) is 22.7 Å². The molecule has 1 fully saturated rings. The zero-order valence-electron chi connectivity index (χ0n) is 16.6. The van der Waals surface area contributed by atoms with Gasteiger partial charge in [0.1, 0.15) is 18.1 Å². The highest BCUT2D eigenvalue weighted by Crippen LogP contribution is 2.26. The van der Waals surface area contributed by atoms with Gasteiger partial charge in [0.25, 0.3) is 0 Å². The minimum atomic E-state index is -0.401. The molecule has 1 aromatic heterocycles. The minimum absolute atomic E-state index is 0.181. The van der Waals surface area contributed by atoms with Gasteiger partial charge in [-0.15, -0.1) is 0 Å². The number of carbonyl (C=O) groups is 1. The largest absolute Gasteiger partial charge is 0.486 e. The van der Waals surface area contributed by atoms with Crippen LogP contribution in [0, 0.1) is 13.8 Å². The summed E-state index contributed by atoms with van der Waals surface area (Å²) in [5.74, 6) is 1.03. The summed E-state index contributed by atoms with van der Waals surface area (Å²) < 4.78 is 11.3. The van der Waals surface area contributed by atoms with Gasteiger partial charge in [0.05, 0.1) is 0 Å². The molecule has 1 heterocycles. The fraction of sp³-hybridized carbons (Fsp3) is 0.429. The van der Waals surface area contributed by atoms with Gasteiger partial charge in [-0.3, -0.25) is 15.6 Å². The number of carbonyl (C=O) groups excluding carboxylic acids is 1. The smallest absolute Gasteiger partial charge is 0.305 e. The Hall–Kier alpha value is -2.25. The van der Waals surface area contributed by atoms with Gasteiger partial charge in [0, 0.05) is 11.1 Å². The third-order valence-electron chi connectivity index (χ3n) is 4.91. The number of rotatable bonds is 5. The minimum Gasteiger partial charge on any atom is -0.486 e. The topological polar surface area (TPSA) is 75.5 Å². The summed E-state index contributed by atoms with van der Waals surface area (Å²) in [6, 6.07) is 7.43. The molecular formula is C21H26ClN3O3S. The highest BCUT2D eigenvalue weighted by Gasteiger charge is 2.15. The van der Waals surface area contributed by atoms with Crippen LogP contribution in [0.1, 0.15) is 59.5 Å². The van der Waals surface area contributed by atoms with Gasteiger partial charge in [-0.1, -0.05) is 30.9 Å². The predicted molar refractivity (Wildman–Crippen MR) is 117 cm³/mol. The van der Waals surface area contributed by atoms with E-state index in [-0.39, 0.29) is 12.4 Å². The second-order valence-corrected chi connectivity index (χ2v) is 8.10.